The summed E-state index contributed by atoms with van der Waals surface area (Å²) in [7, 11) is 0. The summed E-state index contributed by atoms with van der Waals surface area (Å²) in [5, 5.41) is 12.7. The number of halogens is 2. The average molecular weight is 331 g/mol. The molecular weight excluding hydrogens is 315 g/mol. The molecule has 118 valence electrons. The van der Waals surface area contributed by atoms with Crippen LogP contribution in [-0.2, 0) is 6.54 Å². The fraction of sp³-hybridized carbons (Fsp3) is 0.294. The van der Waals surface area contributed by atoms with Crippen LogP contribution in [0.1, 0.15) is 17.5 Å². The highest BCUT2D eigenvalue weighted by atomic mass is 35.5. The molecule has 1 fully saturated rings. The Bertz CT molecular complexity index is 726. The Balaban J connectivity index is 1.56. The Kier molecular flexibility index (Phi) is 4.75. The monoisotopic (exact) mass is 330 g/mol. The zero-order valence-corrected chi connectivity index (χ0v) is 13.2. The van der Waals surface area contributed by atoms with Crippen molar-refractivity contribution < 1.29 is 4.39 Å². The molecule has 1 aliphatic rings. The van der Waals surface area contributed by atoms with Crippen LogP contribution >= 0.6 is 11.6 Å². The van der Waals surface area contributed by atoms with Crippen LogP contribution in [0.25, 0.3) is 0 Å². The summed E-state index contributed by atoms with van der Waals surface area (Å²) < 4.78 is 13.0. The van der Waals surface area contributed by atoms with Crippen molar-refractivity contribution in [3.63, 3.8) is 0 Å². The molecule has 1 atom stereocenters. The molecule has 3 rings (SSSR count). The van der Waals surface area contributed by atoms with Crippen molar-refractivity contribution in [2.24, 2.45) is 0 Å². The Morgan fingerprint density at radius 2 is 2.26 bits per heavy atom. The molecule has 2 heterocycles. The van der Waals surface area contributed by atoms with Gasteiger partial charge in [-0.3, -0.25) is 0 Å². The molecule has 1 N–H and O–H groups in total. The van der Waals surface area contributed by atoms with Crippen LogP contribution in [0.5, 0.6) is 0 Å². The number of nitrogens with zero attached hydrogens (tertiary/aromatic N) is 3. The van der Waals surface area contributed by atoms with Crippen LogP contribution in [0.3, 0.4) is 0 Å². The third-order valence-electron chi connectivity index (χ3n) is 3.99. The lowest BCUT2D eigenvalue weighted by molar-refractivity contribution is 0.550. The number of anilines is 1. The summed E-state index contributed by atoms with van der Waals surface area (Å²) in [5.41, 5.74) is 1.46. The van der Waals surface area contributed by atoms with E-state index < -0.39 is 0 Å². The van der Waals surface area contributed by atoms with E-state index in [0.717, 1.165) is 30.9 Å². The van der Waals surface area contributed by atoms with Gasteiger partial charge in [0.25, 0.3) is 0 Å². The second-order valence-corrected chi connectivity index (χ2v) is 5.97. The van der Waals surface area contributed by atoms with E-state index in [1.165, 1.54) is 12.1 Å². The van der Waals surface area contributed by atoms with Gasteiger partial charge in [0.05, 0.1) is 5.56 Å². The Morgan fingerprint density at radius 1 is 1.39 bits per heavy atom. The third kappa shape index (κ3) is 3.79. The number of nitrogens with one attached hydrogen (secondary N) is 1. The van der Waals surface area contributed by atoms with Gasteiger partial charge >= 0.3 is 0 Å². The minimum absolute atomic E-state index is 0.322. The minimum Gasteiger partial charge on any atom is -0.355 e. The lowest BCUT2D eigenvalue weighted by Gasteiger charge is -2.18. The lowest BCUT2D eigenvalue weighted by Crippen LogP contribution is -2.32. The molecule has 1 unspecified atom stereocenters. The minimum atomic E-state index is -0.322. The topological polar surface area (TPSA) is 52.0 Å². The highest BCUT2D eigenvalue weighted by Gasteiger charge is 2.23. The van der Waals surface area contributed by atoms with Crippen molar-refractivity contribution in [2.45, 2.75) is 19.0 Å². The van der Waals surface area contributed by atoms with Gasteiger partial charge in [0.15, 0.2) is 0 Å². The molecule has 1 saturated heterocycles. The van der Waals surface area contributed by atoms with E-state index in [4.69, 9.17) is 16.9 Å². The summed E-state index contributed by atoms with van der Waals surface area (Å²) in [6.45, 7) is 2.36. The van der Waals surface area contributed by atoms with Gasteiger partial charge in [0.1, 0.15) is 17.7 Å². The Hall–Kier alpha value is -2.16. The normalized spacial score (nSPS) is 17.3. The van der Waals surface area contributed by atoms with Gasteiger partial charge in [-0.05, 0) is 36.2 Å². The van der Waals surface area contributed by atoms with Crippen LogP contribution in [0.2, 0.25) is 5.02 Å². The summed E-state index contributed by atoms with van der Waals surface area (Å²) in [6, 6.07) is 10.5. The van der Waals surface area contributed by atoms with Crippen LogP contribution < -0.4 is 10.2 Å². The van der Waals surface area contributed by atoms with Gasteiger partial charge in [-0.25, -0.2) is 9.37 Å². The van der Waals surface area contributed by atoms with Crippen molar-refractivity contribution in [2.75, 3.05) is 18.0 Å². The first-order valence-corrected chi connectivity index (χ1v) is 7.82. The summed E-state index contributed by atoms with van der Waals surface area (Å²) in [5.74, 6) is 0.561. The molecule has 0 saturated carbocycles. The predicted molar refractivity (Wildman–Crippen MR) is 87.8 cm³/mol. The number of hydrogen-bond donors (Lipinski definition) is 1. The van der Waals surface area contributed by atoms with E-state index in [1.54, 1.807) is 18.3 Å². The Labute approximate surface area is 139 Å². The number of nitriles is 1. The number of pyridine rings is 1. The van der Waals surface area contributed by atoms with Gasteiger partial charge in [-0.1, -0.05) is 17.7 Å². The molecule has 2 aromatic rings. The highest BCUT2D eigenvalue weighted by molar-refractivity contribution is 6.31. The molecule has 23 heavy (non-hydrogen) atoms. The molecule has 0 radical (unpaired) electrons. The van der Waals surface area contributed by atoms with Crippen LogP contribution in [0.4, 0.5) is 10.2 Å². The van der Waals surface area contributed by atoms with E-state index in [-0.39, 0.29) is 5.82 Å². The molecule has 0 bridgehead atoms. The smallest absolute Gasteiger partial charge is 0.128 e. The largest absolute Gasteiger partial charge is 0.355 e. The van der Waals surface area contributed by atoms with E-state index in [1.807, 2.05) is 6.07 Å². The van der Waals surface area contributed by atoms with Crippen molar-refractivity contribution in [3.05, 3.63) is 58.5 Å². The second-order valence-electron chi connectivity index (χ2n) is 5.57. The molecule has 4 nitrogen and oxygen atoms in total. The molecule has 0 aliphatic carbocycles. The van der Waals surface area contributed by atoms with Crippen LogP contribution in [-0.4, -0.2) is 24.1 Å². The molecule has 1 aromatic heterocycles. The first-order chi connectivity index (χ1) is 11.2. The fourth-order valence-electron chi connectivity index (χ4n) is 2.69. The van der Waals surface area contributed by atoms with E-state index in [0.29, 0.717) is 23.2 Å². The van der Waals surface area contributed by atoms with Crippen molar-refractivity contribution >= 4 is 17.4 Å². The van der Waals surface area contributed by atoms with Crippen LogP contribution in [0.15, 0.2) is 36.5 Å². The van der Waals surface area contributed by atoms with Gasteiger partial charge < -0.3 is 10.2 Å². The molecule has 0 spiro atoms. The Morgan fingerprint density at radius 3 is 2.96 bits per heavy atom. The predicted octanol–water partition coefficient (Wildman–Crippen LogP) is 3.11. The highest BCUT2D eigenvalue weighted by Crippen LogP contribution is 2.20. The van der Waals surface area contributed by atoms with Crippen LogP contribution in [0, 0.1) is 17.1 Å². The zero-order valence-electron chi connectivity index (χ0n) is 12.5. The van der Waals surface area contributed by atoms with Crippen molar-refractivity contribution in [3.8, 4) is 6.07 Å². The maximum Gasteiger partial charge on any atom is 0.128 e. The molecule has 6 heteroatoms. The van der Waals surface area contributed by atoms with E-state index in [2.05, 4.69) is 21.3 Å². The standard InChI is InChI=1S/C17H16ClFN4/c18-16-7-14(19)3-2-13(16)10-21-15-5-6-23(11-15)17-4-1-12(8-20)9-22-17/h1-4,7,9,15,21H,5-6,10-11H2. The zero-order chi connectivity index (χ0) is 16.2. The molecule has 0 amide bonds. The summed E-state index contributed by atoms with van der Waals surface area (Å²) >= 11 is 6.04. The van der Waals surface area contributed by atoms with Crippen molar-refractivity contribution in [1.29, 1.82) is 5.26 Å². The van der Waals surface area contributed by atoms with Gasteiger partial charge in [0, 0.05) is 36.9 Å². The SMILES string of the molecule is N#Cc1ccc(N2CCC(NCc3ccc(F)cc3Cl)C2)nc1. The first-order valence-electron chi connectivity index (χ1n) is 7.44. The quantitative estimate of drug-likeness (QED) is 0.936. The number of benzene rings is 1. The van der Waals surface area contributed by atoms with E-state index >= 15 is 0 Å². The van der Waals surface area contributed by atoms with Crippen molar-refractivity contribution in [1.82, 2.24) is 10.3 Å². The number of aromatic nitrogens is 1. The summed E-state index contributed by atoms with van der Waals surface area (Å²) in [4.78, 5) is 6.51. The molecular formula is C17H16ClFN4. The number of rotatable bonds is 4. The number of hydrogen-bond acceptors (Lipinski definition) is 4. The molecule has 1 aliphatic heterocycles. The van der Waals surface area contributed by atoms with Gasteiger partial charge in [0.2, 0.25) is 0 Å². The van der Waals surface area contributed by atoms with Gasteiger partial charge in [-0.15, -0.1) is 0 Å². The average Bonchev–Trinajstić information content (AvgIpc) is 3.03. The fourth-order valence-corrected chi connectivity index (χ4v) is 2.93. The second kappa shape index (κ2) is 6.95. The maximum absolute atomic E-state index is 13.0. The lowest BCUT2D eigenvalue weighted by atomic mass is 10.2. The molecule has 1 aromatic carbocycles. The van der Waals surface area contributed by atoms with E-state index in [9.17, 15) is 4.39 Å². The van der Waals surface area contributed by atoms with Gasteiger partial charge in [-0.2, -0.15) is 5.26 Å². The summed E-state index contributed by atoms with van der Waals surface area (Å²) in [6.07, 6.45) is 2.59. The maximum atomic E-state index is 13.0. The first kappa shape index (κ1) is 15.7. The third-order valence-corrected chi connectivity index (χ3v) is 4.34.